The van der Waals surface area contributed by atoms with Crippen LogP contribution >= 0.6 is 27.5 Å². The van der Waals surface area contributed by atoms with E-state index in [1.165, 1.54) is 0 Å². The minimum absolute atomic E-state index is 0. The second-order valence-corrected chi connectivity index (χ2v) is 44.7. The summed E-state index contributed by atoms with van der Waals surface area (Å²) in [5.41, 5.74) is 2.34. The van der Waals surface area contributed by atoms with E-state index in [4.69, 9.17) is 37.9 Å². The Kier molecular flexibility index (Phi) is 26.1. The van der Waals surface area contributed by atoms with Gasteiger partial charge in [-0.15, -0.1) is 52.7 Å². The van der Waals surface area contributed by atoms with Crippen LogP contribution in [0.5, 0.6) is 0 Å². The molecule has 8 amide bonds. The molecule has 9 aliphatic rings. The van der Waals surface area contributed by atoms with Crippen molar-refractivity contribution in [3.05, 3.63) is 96.2 Å². The van der Waals surface area contributed by atoms with Gasteiger partial charge in [0, 0.05) is 91.2 Å². The molecule has 5 saturated heterocycles. The lowest BCUT2D eigenvalue weighted by Crippen LogP contribution is -2.50. The Morgan fingerprint density at radius 1 is 0.527 bits per heavy atom. The third-order valence-electron chi connectivity index (χ3n) is 17.2. The number of aliphatic hydroxyl groups excluding tert-OH is 4. The van der Waals surface area contributed by atoms with Crippen molar-refractivity contribution >= 4 is 76.9 Å². The maximum absolute atomic E-state index is 11.4. The van der Waals surface area contributed by atoms with Gasteiger partial charge in [-0.25, -0.2) is 19.2 Å². The minimum Gasteiger partial charge on any atom is -0.388 e. The summed E-state index contributed by atoms with van der Waals surface area (Å²) in [7, 11) is 4.65. The van der Waals surface area contributed by atoms with E-state index in [-0.39, 0.29) is 43.8 Å². The number of ether oxygens (including phenoxy) is 8. The van der Waals surface area contributed by atoms with Gasteiger partial charge in [0.15, 0.2) is 0 Å². The summed E-state index contributed by atoms with van der Waals surface area (Å²) in [6, 6.07) is -1.33. The van der Waals surface area contributed by atoms with Gasteiger partial charge in [-0.2, -0.15) is 0 Å². The molecule has 9 rings (SSSR count). The van der Waals surface area contributed by atoms with E-state index in [0.29, 0.717) is 58.1 Å². The van der Waals surface area contributed by atoms with Crippen LogP contribution in [0.25, 0.3) is 0 Å². The first-order chi connectivity index (χ1) is 41.6. The number of hydrogen-bond acceptors (Lipinski definition) is 16. The standard InChI is InChI=1S/2C16H27N2O4P.C15H23N2O4P.C15H25N2O4P.CH4/c1-10-11(9-17-15(20)18-10)12-13(21-3)14(19)16(2,22-12)7-8-23(4,5)6;1-10-11(9-17-15(20)18-10)14-16(2,21-3)13(19)12(22-14)7-8-23(4,5)6;1-9-10(7-16-14(19)17-9)11-12-13(18)15(21-11,8-20-12)5-6-22(2,3)4;1-9-10(8-16-15(19)17-9)13-14(20-2)12(18)11(21-13)6-7-22(3,4)5;/h2*9,12-14,19H,1,4,7-8H2,2-3,5-6H3,(H2,17,18,20);7,11-13,18H,1-2,5-6,8H2,3-4H3,(H2,16,17,19);8,11-14,18H,1,3,6-7H2,2,4-5H3,(H2,16,17,19);1H4/t12?,13-,14-,16+;12-,13-,14?,16-;11?,12-,13-,15-;11-,12-,13?,14-;/m0101./s1. The van der Waals surface area contributed by atoms with E-state index in [1.807, 2.05) is 13.8 Å². The number of carbonyl (C=O) groups is 4. The van der Waals surface area contributed by atoms with Gasteiger partial charge in [0.2, 0.25) is 0 Å². The number of aliphatic hydroxyl groups is 4. The maximum Gasteiger partial charge on any atom is 0.323 e. The average Bonchev–Trinajstić information content (AvgIpc) is 1.60. The van der Waals surface area contributed by atoms with E-state index in [9.17, 15) is 39.6 Å². The largest absolute Gasteiger partial charge is 0.388 e. The number of methoxy groups -OCH3 is 3. The summed E-state index contributed by atoms with van der Waals surface area (Å²) in [4.78, 5) is 45.2. The summed E-state index contributed by atoms with van der Waals surface area (Å²) in [6.45, 7) is 32.0. The molecular formula is C63H106N8O16P4. The second kappa shape index (κ2) is 30.6. The van der Waals surface area contributed by atoms with Crippen LogP contribution < -0.4 is 42.5 Å². The van der Waals surface area contributed by atoms with Crippen molar-refractivity contribution in [2.75, 3.05) is 106 Å². The quantitative estimate of drug-likeness (QED) is 0.0763. The van der Waals surface area contributed by atoms with Crippen molar-refractivity contribution in [2.24, 2.45) is 0 Å². The van der Waals surface area contributed by atoms with E-state index < -0.39 is 111 Å². The predicted octanol–water partition coefficient (Wildman–Crippen LogP) is 4.93. The molecule has 0 spiro atoms. The number of amides is 8. The molecule has 0 aliphatic carbocycles. The van der Waals surface area contributed by atoms with Crippen molar-refractivity contribution < 1.29 is 77.5 Å². The number of hydrogen-bond donors (Lipinski definition) is 12. The zero-order valence-electron chi connectivity index (χ0n) is 54.8. The van der Waals surface area contributed by atoms with Crippen LogP contribution in [0.2, 0.25) is 0 Å². The number of carbonyl (C=O) groups excluding carboxylic acids is 4. The lowest BCUT2D eigenvalue weighted by molar-refractivity contribution is -0.132. The molecule has 91 heavy (non-hydrogen) atoms. The molecule has 0 aromatic heterocycles. The summed E-state index contributed by atoms with van der Waals surface area (Å²) in [5.74, 6) is 0. The topological polar surface area (TPSA) is 319 Å². The number of rotatable bonds is 19. The molecule has 24 nitrogen and oxygen atoms in total. The Morgan fingerprint density at radius 2 is 0.934 bits per heavy atom. The average molecular weight is 1360 g/mol. The summed E-state index contributed by atoms with van der Waals surface area (Å²) >= 11 is 0. The molecule has 2 bridgehead atoms. The Balaban J connectivity index is 0.000000220. The SMILES string of the molecule is C.C=C1NC(=O)NC=C1C1O[C@@]2(CCP(=C)(C)C)CO[C@@H]1[C@@H]2O.C=C1NC(=O)NC=C1C1O[C@H](CCP(=C)(C)C)[C@@H](O)[C@@]1(C)OC.C=C1NC(=O)NC=C1C1O[C@H](CCP(=C)(C)C)[C@@H](O)[C@H]1OC.C=C1NC(=O)NC=C1C1O[C@](C)(CCP(=C)(C)C)[C@@H](O)[C@H]1OC. The first kappa shape index (κ1) is 77.4. The first-order valence-corrected chi connectivity index (χ1v) is 42.0. The monoisotopic (exact) mass is 1350 g/mol. The fourth-order valence-corrected chi connectivity index (χ4v) is 15.6. The molecule has 5 fully saturated rings. The van der Waals surface area contributed by atoms with Crippen LogP contribution in [0.3, 0.4) is 0 Å². The first-order valence-electron chi connectivity index (χ1n) is 29.8. The highest BCUT2D eigenvalue weighted by atomic mass is 31.2. The van der Waals surface area contributed by atoms with Gasteiger partial charge >= 0.3 is 24.1 Å². The molecule has 4 unspecified atom stereocenters. The predicted molar refractivity (Wildman–Crippen MR) is 373 cm³/mol. The molecule has 0 aromatic rings. The van der Waals surface area contributed by atoms with Crippen LogP contribution in [-0.4, -0.2) is 272 Å². The highest BCUT2D eigenvalue weighted by Crippen LogP contribution is 2.50. The highest BCUT2D eigenvalue weighted by molar-refractivity contribution is 7.73. The van der Waals surface area contributed by atoms with Crippen LogP contribution in [0.4, 0.5) is 19.2 Å². The summed E-state index contributed by atoms with van der Waals surface area (Å²) in [5, 5.41) is 63.3. The number of urea groups is 4. The molecule has 9 aliphatic heterocycles. The third-order valence-corrected chi connectivity index (χ3v) is 23.0. The highest BCUT2D eigenvalue weighted by Gasteiger charge is 2.62. The lowest BCUT2D eigenvalue weighted by Gasteiger charge is -2.34. The van der Waals surface area contributed by atoms with Crippen molar-refractivity contribution in [3.63, 3.8) is 0 Å². The third kappa shape index (κ3) is 19.2. The molecule has 0 radical (unpaired) electrons. The Morgan fingerprint density at radius 3 is 1.35 bits per heavy atom. The molecule has 12 N–H and O–H groups in total. The van der Waals surface area contributed by atoms with E-state index in [1.54, 1.807) is 46.1 Å². The molecule has 514 valence electrons. The Hall–Kier alpha value is -4.28. The molecule has 0 saturated carbocycles. The second-order valence-electron chi connectivity index (χ2n) is 27.4. The summed E-state index contributed by atoms with van der Waals surface area (Å²) < 4.78 is 46.8. The van der Waals surface area contributed by atoms with Crippen molar-refractivity contribution in [3.8, 4) is 0 Å². The maximum atomic E-state index is 11.4. The Bertz CT molecular complexity index is 3060. The molecule has 16 atom stereocenters. The normalized spacial score (nSPS) is 34.6. The zero-order valence-corrected chi connectivity index (χ0v) is 58.4. The van der Waals surface area contributed by atoms with Gasteiger partial charge in [0.1, 0.15) is 78.3 Å². The smallest absolute Gasteiger partial charge is 0.323 e. The summed E-state index contributed by atoms with van der Waals surface area (Å²) in [6.07, 6.45) is 22.8. The van der Waals surface area contributed by atoms with Crippen molar-refractivity contribution in [1.29, 1.82) is 0 Å². The Labute approximate surface area is 539 Å². The van der Waals surface area contributed by atoms with Gasteiger partial charge in [0.25, 0.3) is 0 Å². The van der Waals surface area contributed by atoms with Crippen LogP contribution in [0, 0.1) is 0 Å². The van der Waals surface area contributed by atoms with Gasteiger partial charge < -0.3 is 101 Å². The van der Waals surface area contributed by atoms with Crippen LogP contribution in [0.1, 0.15) is 47.0 Å². The molecule has 28 heteroatoms. The molecule has 9 heterocycles. The van der Waals surface area contributed by atoms with Crippen LogP contribution in [0.15, 0.2) is 96.2 Å². The molecule has 0 aromatic carbocycles. The van der Waals surface area contributed by atoms with Gasteiger partial charge in [-0.3, -0.25) is 0 Å². The fraction of sp³-hybridized carbons (Fsp3) is 0.619. The lowest BCUT2D eigenvalue weighted by atomic mass is 9.87. The molecular weight excluding hydrogens is 1250 g/mol. The van der Waals surface area contributed by atoms with Gasteiger partial charge in [0.05, 0.1) is 24.4 Å². The fourth-order valence-electron chi connectivity index (χ4n) is 11.7. The van der Waals surface area contributed by atoms with Crippen molar-refractivity contribution in [1.82, 2.24) is 42.5 Å². The van der Waals surface area contributed by atoms with Gasteiger partial charge in [-0.1, -0.05) is 33.7 Å². The minimum atomic E-state index is -1.22. The van der Waals surface area contributed by atoms with Gasteiger partial charge in [-0.05, 0) is 117 Å². The van der Waals surface area contributed by atoms with Crippen LogP contribution in [-0.2, 0) is 37.9 Å². The van der Waals surface area contributed by atoms with E-state index in [2.05, 4.69) is 147 Å². The number of nitrogens with one attached hydrogen (secondary N) is 8. The van der Waals surface area contributed by atoms with E-state index >= 15 is 0 Å². The van der Waals surface area contributed by atoms with Crippen molar-refractivity contribution in [2.45, 2.75) is 143 Å². The van der Waals surface area contributed by atoms with E-state index in [0.717, 1.165) is 43.9 Å². The number of fused-ring (bicyclic) bond motifs is 2. The zero-order chi connectivity index (χ0) is 67.4.